The van der Waals surface area contributed by atoms with E-state index in [1.54, 1.807) is 31.4 Å². The van der Waals surface area contributed by atoms with Gasteiger partial charge < -0.3 is 15.4 Å². The minimum absolute atomic E-state index is 0.0380. The molecule has 1 saturated heterocycles. The molecule has 0 spiro atoms. The maximum absolute atomic E-state index is 12.4. The van der Waals surface area contributed by atoms with Gasteiger partial charge in [-0.2, -0.15) is 0 Å². The molecule has 2 heterocycles. The molecule has 150 valence electrons. The van der Waals surface area contributed by atoms with Gasteiger partial charge in [0.15, 0.2) is 15.9 Å². The Morgan fingerprint density at radius 3 is 2.48 bits per heavy atom. The van der Waals surface area contributed by atoms with E-state index in [0.29, 0.717) is 11.3 Å². The van der Waals surface area contributed by atoms with E-state index in [4.69, 9.17) is 4.74 Å². The Labute approximate surface area is 162 Å². The van der Waals surface area contributed by atoms with Crippen molar-refractivity contribution in [3.63, 3.8) is 0 Å². The maximum atomic E-state index is 12.4. The molecule has 1 aromatic heterocycles. The van der Waals surface area contributed by atoms with Gasteiger partial charge >= 0.3 is 5.97 Å². The number of rotatable bonds is 7. The van der Waals surface area contributed by atoms with E-state index in [-0.39, 0.29) is 23.3 Å². The summed E-state index contributed by atoms with van der Waals surface area (Å²) in [5, 5.41) is 6.98. The van der Waals surface area contributed by atoms with E-state index >= 15 is 0 Å². The third kappa shape index (κ3) is 6.03. The molecule has 8 nitrogen and oxygen atoms in total. The summed E-state index contributed by atoms with van der Waals surface area (Å²) in [5.74, 6) is -1.96. The highest BCUT2D eigenvalue weighted by Gasteiger charge is 2.32. The first-order valence-corrected chi connectivity index (χ1v) is 11.3. The summed E-state index contributed by atoms with van der Waals surface area (Å²) in [6.07, 6.45) is -0.749. The topological polar surface area (TPSA) is 119 Å². The number of amides is 2. The third-order valence-electron chi connectivity index (χ3n) is 4.19. The standard InChI is InChI=1S/C17H24N2O6S2/c1-10(2)14(19-16(21)13-5-4-7-26-13)17(22)25-11(3)15(20)18-12-6-8-27(23,24)9-12/h4-5,7,10-12,14H,6,8-9H2,1-3H3,(H,18,20)(H,19,21)/t11-,12+,14+/m0/s1. The summed E-state index contributed by atoms with van der Waals surface area (Å²) < 4.78 is 28.1. The van der Waals surface area contributed by atoms with Crippen LogP contribution in [0.5, 0.6) is 0 Å². The molecule has 2 rings (SSSR count). The normalized spacial score (nSPS) is 20.7. The average molecular weight is 417 g/mol. The van der Waals surface area contributed by atoms with Crippen LogP contribution in [0.25, 0.3) is 0 Å². The molecule has 10 heteroatoms. The van der Waals surface area contributed by atoms with E-state index in [2.05, 4.69) is 10.6 Å². The summed E-state index contributed by atoms with van der Waals surface area (Å²) in [7, 11) is -3.12. The molecule has 1 fully saturated rings. The van der Waals surface area contributed by atoms with Crippen LogP contribution < -0.4 is 10.6 Å². The molecule has 0 radical (unpaired) electrons. The molecule has 1 aliphatic rings. The first kappa shape index (κ1) is 21.4. The molecule has 1 aromatic rings. The minimum Gasteiger partial charge on any atom is -0.451 e. The fourth-order valence-electron chi connectivity index (χ4n) is 2.65. The highest BCUT2D eigenvalue weighted by molar-refractivity contribution is 7.91. The molecule has 1 aliphatic heterocycles. The summed E-state index contributed by atoms with van der Waals surface area (Å²) >= 11 is 1.26. The number of ether oxygens (including phenoxy) is 1. The van der Waals surface area contributed by atoms with Crippen molar-refractivity contribution in [2.45, 2.75) is 45.4 Å². The number of hydrogen-bond donors (Lipinski definition) is 2. The number of esters is 1. The zero-order valence-corrected chi connectivity index (χ0v) is 17.1. The second-order valence-corrected chi connectivity index (χ2v) is 10.0. The molecule has 2 amide bonds. The van der Waals surface area contributed by atoms with Crippen LogP contribution in [0.3, 0.4) is 0 Å². The van der Waals surface area contributed by atoms with Crippen molar-refractivity contribution in [1.82, 2.24) is 10.6 Å². The lowest BCUT2D eigenvalue weighted by molar-refractivity contribution is -0.157. The number of thiophene rings is 1. The van der Waals surface area contributed by atoms with Gasteiger partial charge in [0.2, 0.25) is 0 Å². The lowest BCUT2D eigenvalue weighted by Gasteiger charge is -2.23. The lowest BCUT2D eigenvalue weighted by atomic mass is 10.0. The Kier molecular flexibility index (Phi) is 6.99. The van der Waals surface area contributed by atoms with Gasteiger partial charge in [-0.1, -0.05) is 19.9 Å². The van der Waals surface area contributed by atoms with Crippen LogP contribution in [0.2, 0.25) is 0 Å². The van der Waals surface area contributed by atoms with Crippen molar-refractivity contribution < 1.29 is 27.5 Å². The van der Waals surface area contributed by atoms with Crippen LogP contribution in [-0.4, -0.2) is 55.9 Å². The van der Waals surface area contributed by atoms with Gasteiger partial charge in [-0.25, -0.2) is 13.2 Å². The van der Waals surface area contributed by atoms with Crippen molar-refractivity contribution in [1.29, 1.82) is 0 Å². The van der Waals surface area contributed by atoms with Crippen molar-refractivity contribution in [2.24, 2.45) is 5.92 Å². The monoisotopic (exact) mass is 416 g/mol. The highest BCUT2D eigenvalue weighted by Crippen LogP contribution is 2.13. The van der Waals surface area contributed by atoms with Gasteiger partial charge in [-0.15, -0.1) is 11.3 Å². The van der Waals surface area contributed by atoms with Gasteiger partial charge in [0.1, 0.15) is 6.04 Å². The maximum Gasteiger partial charge on any atom is 0.329 e. The third-order valence-corrected chi connectivity index (χ3v) is 6.83. The zero-order chi connectivity index (χ0) is 20.2. The molecule has 3 atom stereocenters. The lowest BCUT2D eigenvalue weighted by Crippen LogP contribution is -2.48. The summed E-state index contributed by atoms with van der Waals surface area (Å²) in [6, 6.07) is 2.01. The predicted octanol–water partition coefficient (Wildman–Crippen LogP) is 0.738. The Morgan fingerprint density at radius 2 is 1.96 bits per heavy atom. The van der Waals surface area contributed by atoms with Gasteiger partial charge in [-0.05, 0) is 30.7 Å². The number of sulfone groups is 1. The molecule has 0 aromatic carbocycles. The Morgan fingerprint density at radius 1 is 1.26 bits per heavy atom. The Bertz CT molecular complexity index is 788. The highest BCUT2D eigenvalue weighted by atomic mass is 32.2. The average Bonchev–Trinajstić information content (AvgIpc) is 3.21. The fourth-order valence-corrected chi connectivity index (χ4v) is 4.95. The molecular weight excluding hydrogens is 392 g/mol. The van der Waals surface area contributed by atoms with E-state index in [1.165, 1.54) is 18.3 Å². The van der Waals surface area contributed by atoms with Gasteiger partial charge in [0, 0.05) is 6.04 Å². The molecule has 0 bridgehead atoms. The van der Waals surface area contributed by atoms with Crippen molar-refractivity contribution in [3.05, 3.63) is 22.4 Å². The molecule has 2 N–H and O–H groups in total. The van der Waals surface area contributed by atoms with Crippen LogP contribution in [0, 0.1) is 5.92 Å². The van der Waals surface area contributed by atoms with E-state index < -0.39 is 39.9 Å². The fraction of sp³-hybridized carbons (Fsp3) is 0.588. The smallest absolute Gasteiger partial charge is 0.329 e. The molecule has 0 aliphatic carbocycles. The largest absolute Gasteiger partial charge is 0.451 e. The second-order valence-electron chi connectivity index (χ2n) is 6.86. The first-order chi connectivity index (χ1) is 12.6. The van der Waals surface area contributed by atoms with Crippen molar-refractivity contribution >= 4 is 39.0 Å². The minimum atomic E-state index is -3.12. The molecule has 27 heavy (non-hydrogen) atoms. The molecule has 0 saturated carbocycles. The summed E-state index contributed by atoms with van der Waals surface area (Å²) in [6.45, 7) is 4.93. The Hall–Kier alpha value is -1.94. The van der Waals surface area contributed by atoms with Gasteiger partial charge in [-0.3, -0.25) is 9.59 Å². The van der Waals surface area contributed by atoms with Gasteiger partial charge in [0.25, 0.3) is 11.8 Å². The second kappa shape index (κ2) is 8.83. The number of carbonyl (C=O) groups is 3. The van der Waals surface area contributed by atoms with Crippen LogP contribution in [0.4, 0.5) is 0 Å². The summed E-state index contributed by atoms with van der Waals surface area (Å²) in [4.78, 5) is 37.3. The quantitative estimate of drug-likeness (QED) is 0.633. The molecule has 0 unspecified atom stereocenters. The molecular formula is C17H24N2O6S2. The zero-order valence-electron chi connectivity index (χ0n) is 15.4. The number of hydrogen-bond acceptors (Lipinski definition) is 7. The number of carbonyl (C=O) groups excluding carboxylic acids is 3. The van der Waals surface area contributed by atoms with Crippen molar-refractivity contribution in [2.75, 3.05) is 11.5 Å². The van der Waals surface area contributed by atoms with Crippen LogP contribution >= 0.6 is 11.3 Å². The first-order valence-electron chi connectivity index (χ1n) is 8.64. The predicted molar refractivity (Wildman–Crippen MR) is 101 cm³/mol. The Balaban J connectivity index is 1.91. The van der Waals surface area contributed by atoms with E-state index in [1.807, 2.05) is 0 Å². The van der Waals surface area contributed by atoms with E-state index in [0.717, 1.165) is 0 Å². The van der Waals surface area contributed by atoms with Crippen LogP contribution in [0.1, 0.15) is 36.9 Å². The van der Waals surface area contributed by atoms with Crippen molar-refractivity contribution in [3.8, 4) is 0 Å². The van der Waals surface area contributed by atoms with Gasteiger partial charge in [0.05, 0.1) is 16.4 Å². The van der Waals surface area contributed by atoms with E-state index in [9.17, 15) is 22.8 Å². The SMILES string of the molecule is CC(C)[C@@H](NC(=O)c1cccs1)C(=O)O[C@@H](C)C(=O)N[C@@H]1CCS(=O)(=O)C1. The van der Waals surface area contributed by atoms with Crippen LogP contribution in [-0.2, 0) is 24.2 Å². The van der Waals surface area contributed by atoms with Crippen LogP contribution in [0.15, 0.2) is 17.5 Å². The summed E-state index contributed by atoms with van der Waals surface area (Å²) in [5.41, 5.74) is 0. The number of nitrogens with one attached hydrogen (secondary N) is 2.